The van der Waals surface area contributed by atoms with Crippen LogP contribution in [0.2, 0.25) is 0 Å². The molecule has 4 nitrogen and oxygen atoms in total. The van der Waals surface area contributed by atoms with E-state index >= 15 is 0 Å². The molecule has 0 unspecified atom stereocenters. The summed E-state index contributed by atoms with van der Waals surface area (Å²) >= 11 is 0. The van der Waals surface area contributed by atoms with Gasteiger partial charge in [0.15, 0.2) is 0 Å². The van der Waals surface area contributed by atoms with E-state index < -0.39 is 0 Å². The van der Waals surface area contributed by atoms with Gasteiger partial charge in [0.1, 0.15) is 0 Å². The standard InChI is InChI=1S/2C10H9O2.Zr/c2*1-8(11)7-10(12)9-5-3-2-4-6-9;/h2*2-7H,1H3;/q2*+1;/p+4. The first-order valence-corrected chi connectivity index (χ1v) is 7.37. The van der Waals surface area contributed by atoms with Crippen molar-refractivity contribution >= 4 is 23.1 Å². The van der Waals surface area contributed by atoms with Crippen molar-refractivity contribution < 1.29 is 45.4 Å². The Morgan fingerprint density at radius 3 is 1.12 bits per heavy atom. The van der Waals surface area contributed by atoms with E-state index in [1.807, 2.05) is 36.4 Å². The minimum absolute atomic E-state index is 0. The third-order valence-electron chi connectivity index (χ3n) is 2.83. The quantitative estimate of drug-likeness (QED) is 0.300. The molecule has 25 heavy (non-hydrogen) atoms. The molecule has 5 heteroatoms. The van der Waals surface area contributed by atoms with Gasteiger partial charge in [0.05, 0.1) is 13.8 Å². The predicted molar refractivity (Wildman–Crippen MR) is 98.8 cm³/mol. The molecule has 0 aliphatic rings. The summed E-state index contributed by atoms with van der Waals surface area (Å²) in [5.74, 6) is 0.346. The van der Waals surface area contributed by atoms with Crippen LogP contribution in [0.15, 0.2) is 60.7 Å². The zero-order valence-corrected chi connectivity index (χ0v) is 16.7. The molecule has 0 radical (unpaired) electrons. The summed E-state index contributed by atoms with van der Waals surface area (Å²) in [4.78, 5) is 36.5. The third kappa shape index (κ3) is 9.58. The van der Waals surface area contributed by atoms with Gasteiger partial charge in [-0.25, -0.2) is 9.59 Å². The van der Waals surface area contributed by atoms with Crippen molar-refractivity contribution in [3.05, 3.63) is 84.6 Å². The number of rotatable bonds is 6. The first-order chi connectivity index (χ1) is 11.4. The van der Waals surface area contributed by atoms with Crippen LogP contribution in [0.4, 0.5) is 0 Å². The van der Waals surface area contributed by atoms with Crippen LogP contribution < -0.4 is 0 Å². The topological polar surface area (TPSA) is 85.6 Å². The summed E-state index contributed by atoms with van der Waals surface area (Å²) < 4.78 is 0. The molecule has 0 bridgehead atoms. The fourth-order valence-electron chi connectivity index (χ4n) is 1.78. The van der Waals surface area contributed by atoms with Gasteiger partial charge < -0.3 is 0 Å². The summed E-state index contributed by atoms with van der Waals surface area (Å²) in [5, 5.41) is 0. The zero-order chi connectivity index (χ0) is 17.9. The molecule has 0 fully saturated rings. The maximum atomic E-state index is 9.37. The van der Waals surface area contributed by atoms with Crippen LogP contribution in [0, 0.1) is 12.8 Å². The SMILES string of the molecule is CC(=[OH+])[CH+]C(=[OH+])c1ccccc1.CC(=[OH+])[CH+]C(=[OH+])c1ccccc1.[Zr]. The number of hydrogen-bond acceptors (Lipinski definition) is 0. The monoisotopic (exact) mass is 416 g/mol. The maximum absolute atomic E-state index is 9.37. The Morgan fingerprint density at radius 1 is 0.600 bits per heavy atom. The predicted octanol–water partition coefficient (Wildman–Crippen LogP) is 2.69. The molecule has 0 aliphatic heterocycles. The molecule has 0 spiro atoms. The normalized spacial score (nSPS) is 8.72. The van der Waals surface area contributed by atoms with Crippen molar-refractivity contribution in [1.82, 2.24) is 0 Å². The molecule has 0 heterocycles. The van der Waals surface area contributed by atoms with Crippen LogP contribution in [-0.2, 0) is 26.2 Å². The van der Waals surface area contributed by atoms with Crippen molar-refractivity contribution in [2.45, 2.75) is 13.8 Å². The molecule has 2 rings (SSSR count). The van der Waals surface area contributed by atoms with E-state index in [1.165, 1.54) is 26.7 Å². The number of carbonyl (C=O) groups excluding carboxylic acids is 4. The molecular weight excluding hydrogens is 395 g/mol. The second-order valence-corrected chi connectivity index (χ2v) is 5.07. The summed E-state index contributed by atoms with van der Waals surface area (Å²) in [5.41, 5.74) is 1.40. The van der Waals surface area contributed by atoms with Crippen molar-refractivity contribution in [1.29, 1.82) is 0 Å². The number of hydrogen-bond donors (Lipinski definition) is 0. The third-order valence-corrected chi connectivity index (χ3v) is 2.83. The molecule has 0 aliphatic carbocycles. The second-order valence-electron chi connectivity index (χ2n) is 5.07. The van der Waals surface area contributed by atoms with Crippen LogP contribution in [0.1, 0.15) is 25.0 Å². The molecule has 0 saturated heterocycles. The van der Waals surface area contributed by atoms with Crippen LogP contribution in [-0.4, -0.2) is 42.3 Å². The largest absolute Gasteiger partial charge is 0.512 e. The Kier molecular flexibility index (Phi) is 11.1. The molecule has 0 atom stereocenters. The van der Waals surface area contributed by atoms with E-state index in [2.05, 4.69) is 0 Å². The second kappa shape index (κ2) is 12.2. The van der Waals surface area contributed by atoms with Crippen molar-refractivity contribution in [3.63, 3.8) is 0 Å². The zero-order valence-electron chi connectivity index (χ0n) is 14.2. The van der Waals surface area contributed by atoms with Gasteiger partial charge in [-0.3, -0.25) is 9.59 Å². The smallest absolute Gasteiger partial charge is 0.259 e. The van der Waals surface area contributed by atoms with Gasteiger partial charge in [-0.2, -0.15) is 0 Å². The average Bonchev–Trinajstić information content (AvgIpc) is 2.56. The number of ketones is 4. The van der Waals surface area contributed by atoms with Gasteiger partial charge in [-0.1, -0.05) is 12.1 Å². The molecule has 124 valence electrons. The molecule has 2 aromatic carbocycles. The van der Waals surface area contributed by atoms with E-state index in [9.17, 15) is 9.59 Å². The molecule has 4 N–H and O–H groups in total. The van der Waals surface area contributed by atoms with Crippen LogP contribution in [0.25, 0.3) is 0 Å². The Bertz CT molecular complexity index is 645. The first-order valence-electron chi connectivity index (χ1n) is 7.37. The van der Waals surface area contributed by atoms with Gasteiger partial charge in [0.25, 0.3) is 12.8 Å². The molecule has 0 amide bonds. The molecule has 2 aromatic rings. The van der Waals surface area contributed by atoms with Crippen LogP contribution in [0.3, 0.4) is 0 Å². The molecule has 0 saturated carbocycles. The molecular formula is C20H22O4Zr+6. The van der Waals surface area contributed by atoms with Gasteiger partial charge in [0, 0.05) is 50.5 Å². The van der Waals surface area contributed by atoms with Gasteiger partial charge in [-0.15, -0.1) is 0 Å². The first kappa shape index (κ1) is 22.7. The van der Waals surface area contributed by atoms with Gasteiger partial charge >= 0.3 is 23.1 Å². The Hall–Kier alpha value is -2.26. The van der Waals surface area contributed by atoms with E-state index in [1.54, 1.807) is 24.3 Å². The van der Waals surface area contributed by atoms with Crippen LogP contribution in [0.5, 0.6) is 0 Å². The Balaban J connectivity index is 0.000000443. The Labute approximate surface area is 166 Å². The minimum Gasteiger partial charge on any atom is -0.259 e. The van der Waals surface area contributed by atoms with Crippen molar-refractivity contribution in [2.24, 2.45) is 0 Å². The fraction of sp³-hybridized carbons (Fsp3) is 0.100. The van der Waals surface area contributed by atoms with E-state index in [4.69, 9.17) is 9.59 Å². The summed E-state index contributed by atoms with van der Waals surface area (Å²) in [7, 11) is 0. The van der Waals surface area contributed by atoms with Crippen molar-refractivity contribution in [2.75, 3.05) is 0 Å². The van der Waals surface area contributed by atoms with Gasteiger partial charge in [0.2, 0.25) is 11.1 Å². The fourth-order valence-corrected chi connectivity index (χ4v) is 1.78. The summed E-state index contributed by atoms with van der Waals surface area (Å²) in [6, 6.07) is 18.1. The maximum Gasteiger partial charge on any atom is 0.512 e. The number of benzene rings is 2. The minimum atomic E-state index is 0. The Morgan fingerprint density at radius 2 is 0.880 bits per heavy atom. The van der Waals surface area contributed by atoms with Crippen LogP contribution >= 0.6 is 0 Å². The summed E-state index contributed by atoms with van der Waals surface area (Å²) in [6.45, 7) is 3.03. The van der Waals surface area contributed by atoms with Crippen molar-refractivity contribution in [3.8, 4) is 0 Å². The van der Waals surface area contributed by atoms with E-state index in [-0.39, 0.29) is 49.3 Å². The molecule has 0 aromatic heterocycles. The average molecular weight is 418 g/mol. The summed E-state index contributed by atoms with van der Waals surface area (Å²) in [6.07, 6.45) is 2.63. The van der Waals surface area contributed by atoms with Gasteiger partial charge in [-0.05, 0) is 24.3 Å². The van der Waals surface area contributed by atoms with E-state index in [0.717, 1.165) is 0 Å². The van der Waals surface area contributed by atoms with E-state index in [0.29, 0.717) is 11.1 Å².